The van der Waals surface area contributed by atoms with Crippen molar-refractivity contribution in [3.8, 4) is 0 Å². The van der Waals surface area contributed by atoms with E-state index in [0.717, 1.165) is 0 Å². The van der Waals surface area contributed by atoms with Gasteiger partial charge in [0.1, 0.15) is 0 Å². The molecule has 16 heavy (non-hydrogen) atoms. The van der Waals surface area contributed by atoms with Crippen LogP contribution in [0.1, 0.15) is 31.6 Å². The molecule has 0 aliphatic carbocycles. The topological polar surface area (TPSA) is 80.9 Å². The van der Waals surface area contributed by atoms with Gasteiger partial charge in [0.15, 0.2) is 0 Å². The van der Waals surface area contributed by atoms with Gasteiger partial charge in [-0.3, -0.25) is 4.79 Å². The van der Waals surface area contributed by atoms with E-state index >= 15 is 0 Å². The van der Waals surface area contributed by atoms with Crippen molar-refractivity contribution in [2.75, 3.05) is 0 Å². The highest BCUT2D eigenvalue weighted by Crippen LogP contribution is 2.29. The minimum absolute atomic E-state index is 0.195. The Labute approximate surface area is 88.1 Å². The number of nitrogens with zero attached hydrogens (tertiary/aromatic N) is 4. The van der Waals surface area contributed by atoms with E-state index < -0.39 is 30.4 Å². The maximum Gasteiger partial charge on any atom is 0.453 e. The van der Waals surface area contributed by atoms with Gasteiger partial charge < -0.3 is 5.11 Å². The lowest BCUT2D eigenvalue weighted by molar-refractivity contribution is -0.150. The van der Waals surface area contributed by atoms with Gasteiger partial charge in [-0.1, -0.05) is 6.92 Å². The minimum Gasteiger partial charge on any atom is -0.481 e. The highest BCUT2D eigenvalue weighted by Gasteiger charge is 2.39. The van der Waals surface area contributed by atoms with Crippen molar-refractivity contribution in [1.82, 2.24) is 20.2 Å². The number of carboxylic acids is 1. The van der Waals surface area contributed by atoms with Gasteiger partial charge in [-0.25, -0.2) is 4.68 Å². The third-order valence-electron chi connectivity index (χ3n) is 1.97. The van der Waals surface area contributed by atoms with Crippen molar-refractivity contribution in [3.05, 3.63) is 5.82 Å². The molecule has 0 aliphatic heterocycles. The van der Waals surface area contributed by atoms with Gasteiger partial charge in [0.2, 0.25) is 0 Å². The molecular weight excluding hydrogens is 229 g/mol. The fraction of sp³-hybridized carbons (Fsp3) is 0.714. The van der Waals surface area contributed by atoms with Crippen LogP contribution >= 0.6 is 0 Å². The molecule has 0 amide bonds. The average Bonchev–Trinajstić information content (AvgIpc) is 2.61. The Morgan fingerprint density at radius 3 is 2.62 bits per heavy atom. The van der Waals surface area contributed by atoms with E-state index in [9.17, 15) is 18.0 Å². The number of aromatic nitrogens is 4. The van der Waals surface area contributed by atoms with Gasteiger partial charge in [0, 0.05) is 0 Å². The Kier molecular flexibility index (Phi) is 3.45. The van der Waals surface area contributed by atoms with Crippen molar-refractivity contribution >= 4 is 5.97 Å². The van der Waals surface area contributed by atoms with Crippen LogP contribution in [-0.2, 0) is 11.0 Å². The van der Waals surface area contributed by atoms with Crippen molar-refractivity contribution < 1.29 is 23.1 Å². The summed E-state index contributed by atoms with van der Waals surface area (Å²) in [6.07, 6.45) is -4.94. The standard InChI is InChI=1S/C7H9F3N4O2/c1-2-4(3-5(15)16)14-6(7(8,9)10)11-12-13-14/h4H,2-3H2,1H3,(H,15,16). The summed E-state index contributed by atoms with van der Waals surface area (Å²) < 4.78 is 37.7. The molecule has 1 N–H and O–H groups in total. The molecule has 0 aliphatic rings. The first kappa shape index (κ1) is 12.4. The molecule has 1 unspecified atom stereocenters. The van der Waals surface area contributed by atoms with Crippen molar-refractivity contribution in [3.63, 3.8) is 0 Å². The lowest BCUT2D eigenvalue weighted by Gasteiger charge is -2.15. The molecule has 90 valence electrons. The number of rotatable bonds is 4. The Hall–Kier alpha value is -1.67. The van der Waals surface area contributed by atoms with Gasteiger partial charge in [0.05, 0.1) is 12.5 Å². The fourth-order valence-electron chi connectivity index (χ4n) is 1.23. The van der Waals surface area contributed by atoms with Crippen LogP contribution in [0.4, 0.5) is 13.2 Å². The number of alkyl halides is 3. The molecule has 1 atom stereocenters. The molecule has 1 heterocycles. The third kappa shape index (κ3) is 2.67. The first-order valence-corrected chi connectivity index (χ1v) is 4.43. The summed E-state index contributed by atoms with van der Waals surface area (Å²) in [4.78, 5) is 10.5. The minimum atomic E-state index is -4.69. The molecule has 0 radical (unpaired) electrons. The number of tetrazole rings is 1. The smallest absolute Gasteiger partial charge is 0.453 e. The fourth-order valence-corrected chi connectivity index (χ4v) is 1.23. The lowest BCUT2D eigenvalue weighted by atomic mass is 10.1. The van der Waals surface area contributed by atoms with Crippen molar-refractivity contribution in [2.24, 2.45) is 0 Å². The SMILES string of the molecule is CCC(CC(=O)O)n1nnnc1C(F)(F)F. The Balaban J connectivity index is 3.02. The molecule has 0 fully saturated rings. The molecule has 1 aromatic heterocycles. The first-order chi connectivity index (χ1) is 7.36. The molecule has 6 nitrogen and oxygen atoms in total. The van der Waals surface area contributed by atoms with E-state index in [1.54, 1.807) is 6.92 Å². The zero-order valence-corrected chi connectivity index (χ0v) is 8.27. The summed E-state index contributed by atoms with van der Waals surface area (Å²) in [7, 11) is 0. The van der Waals surface area contributed by atoms with Gasteiger partial charge in [-0.15, -0.1) is 5.10 Å². The van der Waals surface area contributed by atoms with Crippen LogP contribution in [-0.4, -0.2) is 31.3 Å². The van der Waals surface area contributed by atoms with Crippen LogP contribution in [0.25, 0.3) is 0 Å². The summed E-state index contributed by atoms with van der Waals surface area (Å²) >= 11 is 0. The van der Waals surface area contributed by atoms with Crippen LogP contribution in [0.15, 0.2) is 0 Å². The lowest BCUT2D eigenvalue weighted by Crippen LogP contribution is -2.22. The monoisotopic (exact) mass is 238 g/mol. The second kappa shape index (κ2) is 4.45. The average molecular weight is 238 g/mol. The summed E-state index contributed by atoms with van der Waals surface area (Å²) in [5, 5.41) is 17.5. The molecule has 0 bridgehead atoms. The first-order valence-electron chi connectivity index (χ1n) is 4.43. The molecule has 0 spiro atoms. The molecule has 9 heteroatoms. The van der Waals surface area contributed by atoms with Crippen LogP contribution < -0.4 is 0 Å². The normalized spacial score (nSPS) is 13.8. The number of halogens is 3. The van der Waals surface area contributed by atoms with E-state index in [1.807, 2.05) is 0 Å². The van der Waals surface area contributed by atoms with Gasteiger partial charge >= 0.3 is 12.1 Å². The van der Waals surface area contributed by atoms with Crippen LogP contribution in [0.2, 0.25) is 0 Å². The number of aliphatic carboxylic acids is 1. The summed E-state index contributed by atoms with van der Waals surface area (Å²) in [6, 6.07) is -0.899. The second-order valence-electron chi connectivity index (χ2n) is 3.10. The van der Waals surface area contributed by atoms with E-state index in [1.165, 1.54) is 0 Å². The molecule has 0 saturated heterocycles. The largest absolute Gasteiger partial charge is 0.481 e. The van der Waals surface area contributed by atoms with Crippen LogP contribution in [0.3, 0.4) is 0 Å². The van der Waals surface area contributed by atoms with E-state index in [4.69, 9.17) is 5.11 Å². The summed E-state index contributed by atoms with van der Waals surface area (Å²) in [5.74, 6) is -2.48. The molecule has 1 aromatic rings. The number of carbonyl (C=O) groups is 1. The Morgan fingerprint density at radius 2 is 2.19 bits per heavy atom. The molecule has 0 aromatic carbocycles. The zero-order chi connectivity index (χ0) is 12.3. The van der Waals surface area contributed by atoms with Crippen LogP contribution in [0.5, 0.6) is 0 Å². The van der Waals surface area contributed by atoms with Crippen molar-refractivity contribution in [2.45, 2.75) is 32.0 Å². The molecule has 0 saturated carbocycles. The van der Waals surface area contributed by atoms with E-state index in [2.05, 4.69) is 15.5 Å². The molecule has 1 rings (SSSR count). The quantitative estimate of drug-likeness (QED) is 0.849. The second-order valence-corrected chi connectivity index (χ2v) is 3.10. The predicted octanol–water partition coefficient (Wildman–Crippen LogP) is 1.12. The van der Waals surface area contributed by atoms with Crippen molar-refractivity contribution in [1.29, 1.82) is 0 Å². The van der Waals surface area contributed by atoms with E-state index in [0.29, 0.717) is 4.68 Å². The van der Waals surface area contributed by atoms with Gasteiger partial charge in [-0.2, -0.15) is 13.2 Å². The maximum absolute atomic E-state index is 12.4. The third-order valence-corrected chi connectivity index (χ3v) is 1.97. The Bertz CT molecular complexity index is 376. The van der Waals surface area contributed by atoms with Gasteiger partial charge in [0.25, 0.3) is 5.82 Å². The Morgan fingerprint density at radius 1 is 1.56 bits per heavy atom. The number of hydrogen-bond donors (Lipinski definition) is 1. The number of carboxylic acid groups (broad SMARTS) is 1. The van der Waals surface area contributed by atoms with Gasteiger partial charge in [-0.05, 0) is 16.8 Å². The van der Waals surface area contributed by atoms with Crippen LogP contribution in [0, 0.1) is 0 Å². The highest BCUT2D eigenvalue weighted by atomic mass is 19.4. The highest BCUT2D eigenvalue weighted by molar-refractivity contribution is 5.67. The maximum atomic E-state index is 12.4. The summed E-state index contributed by atoms with van der Waals surface area (Å²) in [5.41, 5.74) is 0. The summed E-state index contributed by atoms with van der Waals surface area (Å²) in [6.45, 7) is 1.56. The van der Waals surface area contributed by atoms with E-state index in [-0.39, 0.29) is 6.42 Å². The number of hydrogen-bond acceptors (Lipinski definition) is 4. The predicted molar refractivity (Wildman–Crippen MR) is 44.4 cm³/mol. The zero-order valence-electron chi connectivity index (χ0n) is 8.27. The molecular formula is C7H9F3N4O2.